The summed E-state index contributed by atoms with van der Waals surface area (Å²) in [6.45, 7) is 3.46. The summed E-state index contributed by atoms with van der Waals surface area (Å²) in [6, 6.07) is 12.4. The molecule has 3 N–H and O–H groups in total. The average molecular weight is 453 g/mol. The van der Waals surface area contributed by atoms with Crippen molar-refractivity contribution in [3.63, 3.8) is 0 Å². The van der Waals surface area contributed by atoms with Crippen molar-refractivity contribution in [2.75, 3.05) is 11.9 Å². The minimum absolute atomic E-state index is 0.0712. The molecule has 1 aromatic heterocycles. The molecule has 2 aromatic carbocycles. The Hall–Kier alpha value is -4.05. The summed E-state index contributed by atoms with van der Waals surface area (Å²) >= 11 is 1.16. The Balaban J connectivity index is 2.03. The maximum absolute atomic E-state index is 12.9. The highest BCUT2D eigenvalue weighted by atomic mass is 32.1. The number of ether oxygens (including phenoxy) is 1. The molecule has 164 valence electrons. The lowest BCUT2D eigenvalue weighted by Crippen LogP contribution is -2.18. The predicted molar refractivity (Wildman–Crippen MR) is 120 cm³/mol. The number of benzene rings is 2. The number of nitro benzene ring substituents is 1. The molecule has 2 amide bonds. The Labute approximate surface area is 187 Å². The average Bonchev–Trinajstić information content (AvgIpc) is 3.09. The van der Waals surface area contributed by atoms with Gasteiger partial charge in [0.05, 0.1) is 22.7 Å². The van der Waals surface area contributed by atoms with E-state index in [1.165, 1.54) is 6.07 Å². The number of amides is 2. The van der Waals surface area contributed by atoms with E-state index in [0.717, 1.165) is 33.9 Å². The molecule has 0 bridgehead atoms. The first-order valence-electron chi connectivity index (χ1n) is 9.49. The van der Waals surface area contributed by atoms with Gasteiger partial charge in [-0.25, -0.2) is 4.79 Å². The van der Waals surface area contributed by atoms with E-state index in [4.69, 9.17) is 10.5 Å². The Morgan fingerprint density at radius 1 is 1.12 bits per heavy atom. The molecule has 0 saturated carbocycles. The molecule has 0 aliphatic heterocycles. The summed E-state index contributed by atoms with van der Waals surface area (Å²) in [6.07, 6.45) is 0. The first-order valence-corrected chi connectivity index (χ1v) is 10.3. The number of anilines is 1. The normalized spacial score (nSPS) is 10.4. The highest BCUT2D eigenvalue weighted by molar-refractivity contribution is 7.17. The molecule has 3 aromatic rings. The lowest BCUT2D eigenvalue weighted by molar-refractivity contribution is -0.384. The van der Waals surface area contributed by atoms with Crippen LogP contribution in [0.3, 0.4) is 0 Å². The molecule has 0 atom stereocenters. The standard InChI is InChI=1S/C22H19N3O6S/c1-3-31-22(28)15-9-14(10-16(11-15)25(29)30)20(27)24-21-18(19(23)26)17(12(2)32-21)13-7-5-4-6-8-13/h4-11H,3H2,1-2H3,(H2,23,26)(H,24,27). The van der Waals surface area contributed by atoms with E-state index >= 15 is 0 Å². The van der Waals surface area contributed by atoms with Crippen LogP contribution in [0.1, 0.15) is 42.9 Å². The zero-order valence-corrected chi connectivity index (χ0v) is 18.0. The first kappa shape index (κ1) is 22.6. The topological polar surface area (TPSA) is 142 Å². The molecule has 0 aliphatic carbocycles. The number of hydrogen-bond donors (Lipinski definition) is 2. The third kappa shape index (κ3) is 4.65. The number of primary amides is 1. The van der Waals surface area contributed by atoms with Crippen LogP contribution in [0.2, 0.25) is 0 Å². The van der Waals surface area contributed by atoms with Gasteiger partial charge in [-0.3, -0.25) is 19.7 Å². The van der Waals surface area contributed by atoms with Crippen LogP contribution in [0.25, 0.3) is 11.1 Å². The van der Waals surface area contributed by atoms with Crippen LogP contribution < -0.4 is 11.1 Å². The van der Waals surface area contributed by atoms with Crippen LogP contribution in [0, 0.1) is 17.0 Å². The molecule has 0 aliphatic rings. The van der Waals surface area contributed by atoms with E-state index in [0.29, 0.717) is 5.56 Å². The Kier molecular flexibility index (Phi) is 6.64. The monoisotopic (exact) mass is 453 g/mol. The van der Waals surface area contributed by atoms with Crippen LogP contribution in [-0.4, -0.2) is 29.3 Å². The van der Waals surface area contributed by atoms with Crippen LogP contribution in [-0.2, 0) is 4.74 Å². The van der Waals surface area contributed by atoms with Gasteiger partial charge in [-0.1, -0.05) is 30.3 Å². The summed E-state index contributed by atoms with van der Waals surface area (Å²) in [5.74, 6) is -2.25. The summed E-state index contributed by atoms with van der Waals surface area (Å²) in [5.41, 5.74) is 6.40. The van der Waals surface area contributed by atoms with E-state index in [2.05, 4.69) is 5.32 Å². The van der Waals surface area contributed by atoms with E-state index in [1.807, 2.05) is 30.3 Å². The number of nitrogens with one attached hydrogen (secondary N) is 1. The van der Waals surface area contributed by atoms with E-state index in [9.17, 15) is 24.5 Å². The van der Waals surface area contributed by atoms with Crippen LogP contribution in [0.5, 0.6) is 0 Å². The number of rotatable bonds is 7. The molecule has 9 nitrogen and oxygen atoms in total. The van der Waals surface area contributed by atoms with Gasteiger partial charge in [0.2, 0.25) is 0 Å². The number of nitro groups is 1. The van der Waals surface area contributed by atoms with Crippen LogP contribution in [0.4, 0.5) is 10.7 Å². The van der Waals surface area contributed by atoms with Crippen molar-refractivity contribution in [3.05, 3.63) is 80.2 Å². The number of aryl methyl sites for hydroxylation is 1. The van der Waals surface area contributed by atoms with Crippen molar-refractivity contribution in [2.45, 2.75) is 13.8 Å². The lowest BCUT2D eigenvalue weighted by Gasteiger charge is -2.08. The number of nitrogens with two attached hydrogens (primary N) is 1. The van der Waals surface area contributed by atoms with Gasteiger partial charge in [0, 0.05) is 28.1 Å². The largest absolute Gasteiger partial charge is 0.462 e. The molecule has 32 heavy (non-hydrogen) atoms. The van der Waals surface area contributed by atoms with Crippen molar-refractivity contribution in [1.82, 2.24) is 0 Å². The highest BCUT2D eigenvalue weighted by Crippen LogP contribution is 2.39. The van der Waals surface area contributed by atoms with Gasteiger partial charge in [-0.15, -0.1) is 11.3 Å². The second-order valence-corrected chi connectivity index (χ2v) is 7.89. The maximum Gasteiger partial charge on any atom is 0.338 e. The molecular weight excluding hydrogens is 434 g/mol. The fraction of sp³-hybridized carbons (Fsp3) is 0.136. The summed E-state index contributed by atoms with van der Waals surface area (Å²) in [5, 5.41) is 14.1. The molecule has 1 heterocycles. The Morgan fingerprint density at radius 2 is 1.78 bits per heavy atom. The summed E-state index contributed by atoms with van der Waals surface area (Å²) in [4.78, 5) is 48.5. The maximum atomic E-state index is 12.9. The highest BCUT2D eigenvalue weighted by Gasteiger charge is 2.24. The molecular formula is C22H19N3O6S. The van der Waals surface area contributed by atoms with Crippen molar-refractivity contribution in [2.24, 2.45) is 5.73 Å². The predicted octanol–water partition coefficient (Wildman–Crippen LogP) is 4.16. The van der Waals surface area contributed by atoms with E-state index < -0.39 is 28.4 Å². The Morgan fingerprint density at radius 3 is 2.38 bits per heavy atom. The number of hydrogen-bond acceptors (Lipinski definition) is 7. The van der Waals surface area contributed by atoms with Gasteiger partial charge < -0.3 is 15.8 Å². The molecule has 3 rings (SSSR count). The smallest absolute Gasteiger partial charge is 0.338 e. The van der Waals surface area contributed by atoms with Crippen LogP contribution >= 0.6 is 11.3 Å². The summed E-state index contributed by atoms with van der Waals surface area (Å²) in [7, 11) is 0. The third-order valence-corrected chi connectivity index (χ3v) is 5.54. The van der Waals surface area contributed by atoms with Crippen molar-refractivity contribution >= 4 is 39.8 Å². The number of carbonyl (C=O) groups is 3. The number of nitrogens with zero attached hydrogens (tertiary/aromatic N) is 1. The van der Waals surface area contributed by atoms with E-state index in [-0.39, 0.29) is 28.3 Å². The minimum atomic E-state index is -0.790. The van der Waals surface area contributed by atoms with Crippen molar-refractivity contribution < 1.29 is 24.0 Å². The lowest BCUT2D eigenvalue weighted by atomic mass is 10.0. The van der Waals surface area contributed by atoms with Gasteiger partial charge in [0.1, 0.15) is 5.00 Å². The number of thiophene rings is 1. The van der Waals surface area contributed by atoms with E-state index in [1.54, 1.807) is 13.8 Å². The SMILES string of the molecule is CCOC(=O)c1cc(C(=O)Nc2sc(C)c(-c3ccccc3)c2C(N)=O)cc([N+](=O)[O-])c1. The van der Waals surface area contributed by atoms with Crippen molar-refractivity contribution in [3.8, 4) is 11.1 Å². The van der Waals surface area contributed by atoms with Crippen LogP contribution in [0.15, 0.2) is 48.5 Å². The third-order valence-electron chi connectivity index (χ3n) is 4.52. The first-order chi connectivity index (χ1) is 15.2. The van der Waals surface area contributed by atoms with Gasteiger partial charge in [0.15, 0.2) is 0 Å². The Bertz CT molecular complexity index is 1220. The molecule has 0 unspecified atom stereocenters. The zero-order chi connectivity index (χ0) is 23.4. The molecule has 0 fully saturated rings. The second-order valence-electron chi connectivity index (χ2n) is 6.67. The van der Waals surface area contributed by atoms with Gasteiger partial charge >= 0.3 is 5.97 Å². The molecule has 0 spiro atoms. The number of esters is 1. The summed E-state index contributed by atoms with van der Waals surface area (Å²) < 4.78 is 4.88. The molecule has 10 heteroatoms. The van der Waals surface area contributed by atoms with Gasteiger partial charge in [0.25, 0.3) is 17.5 Å². The number of non-ortho nitro benzene ring substituents is 1. The van der Waals surface area contributed by atoms with Gasteiger partial charge in [-0.05, 0) is 25.5 Å². The second kappa shape index (κ2) is 9.40. The molecule has 0 saturated heterocycles. The van der Waals surface area contributed by atoms with Gasteiger partial charge in [-0.2, -0.15) is 0 Å². The minimum Gasteiger partial charge on any atom is -0.462 e. The fourth-order valence-corrected chi connectivity index (χ4v) is 4.25. The fourth-order valence-electron chi connectivity index (χ4n) is 3.18. The van der Waals surface area contributed by atoms with Crippen molar-refractivity contribution in [1.29, 1.82) is 0 Å². The quantitative estimate of drug-likeness (QED) is 0.312. The molecule has 0 radical (unpaired) electrons. The zero-order valence-electron chi connectivity index (χ0n) is 17.2. The number of carbonyl (C=O) groups excluding carboxylic acids is 3.